The minimum atomic E-state index is 0.514. The molecule has 20 heavy (non-hydrogen) atoms. The minimum Gasteiger partial charge on any atom is -0.496 e. The molecular formula is C17H21NOS. The van der Waals surface area contributed by atoms with Crippen molar-refractivity contribution in [2.75, 3.05) is 7.11 Å². The summed E-state index contributed by atoms with van der Waals surface area (Å²) < 4.78 is 5.37. The maximum atomic E-state index is 5.68. The Morgan fingerprint density at radius 2 is 1.85 bits per heavy atom. The number of methoxy groups -OCH3 is 1. The fourth-order valence-corrected chi connectivity index (χ4v) is 3.16. The van der Waals surface area contributed by atoms with Gasteiger partial charge >= 0.3 is 0 Å². The monoisotopic (exact) mass is 287 g/mol. The molecule has 0 aromatic heterocycles. The quantitative estimate of drug-likeness (QED) is 0.875. The van der Waals surface area contributed by atoms with Crippen LogP contribution in [0.5, 0.6) is 5.75 Å². The molecule has 2 nitrogen and oxygen atoms in total. The summed E-state index contributed by atoms with van der Waals surface area (Å²) >= 11 is 1.92. The van der Waals surface area contributed by atoms with Crippen molar-refractivity contribution in [1.82, 2.24) is 0 Å². The van der Waals surface area contributed by atoms with Gasteiger partial charge in [0, 0.05) is 23.6 Å². The molecule has 0 aliphatic heterocycles. The highest BCUT2D eigenvalue weighted by Crippen LogP contribution is 2.24. The van der Waals surface area contributed by atoms with Crippen LogP contribution in [0.1, 0.15) is 22.3 Å². The summed E-state index contributed by atoms with van der Waals surface area (Å²) in [4.78, 5) is 0. The number of nitrogens with two attached hydrogens (primary N) is 1. The molecule has 106 valence electrons. The van der Waals surface area contributed by atoms with E-state index in [1.807, 2.05) is 11.8 Å². The number of hydrogen-bond donors (Lipinski definition) is 1. The van der Waals surface area contributed by atoms with E-state index in [0.717, 1.165) is 22.8 Å². The molecule has 0 fully saturated rings. The normalized spacial score (nSPS) is 10.6. The Morgan fingerprint density at radius 3 is 2.55 bits per heavy atom. The van der Waals surface area contributed by atoms with Crippen molar-refractivity contribution in [2.45, 2.75) is 25.0 Å². The predicted octanol–water partition coefficient (Wildman–Crippen LogP) is 3.90. The van der Waals surface area contributed by atoms with Crippen molar-refractivity contribution in [1.29, 1.82) is 0 Å². The number of benzene rings is 2. The van der Waals surface area contributed by atoms with E-state index in [1.165, 1.54) is 16.7 Å². The smallest absolute Gasteiger partial charge is 0.123 e. The molecule has 2 N–H and O–H groups in total. The van der Waals surface area contributed by atoms with Crippen molar-refractivity contribution in [3.8, 4) is 5.75 Å². The van der Waals surface area contributed by atoms with Gasteiger partial charge in [-0.2, -0.15) is 11.8 Å². The van der Waals surface area contributed by atoms with Crippen LogP contribution in [0, 0.1) is 6.92 Å². The van der Waals surface area contributed by atoms with E-state index in [2.05, 4.69) is 49.4 Å². The molecule has 0 heterocycles. The van der Waals surface area contributed by atoms with Crippen LogP contribution in [0.15, 0.2) is 42.5 Å². The molecule has 0 spiro atoms. The van der Waals surface area contributed by atoms with E-state index in [9.17, 15) is 0 Å². The van der Waals surface area contributed by atoms with Gasteiger partial charge < -0.3 is 10.5 Å². The standard InChI is InChI=1S/C17H21NOS/c1-13-5-3-4-6-16(13)12-20-11-14-7-8-15(10-18)17(9-14)19-2/h3-9H,10-12,18H2,1-2H3. The van der Waals surface area contributed by atoms with Gasteiger partial charge in [-0.15, -0.1) is 0 Å². The maximum Gasteiger partial charge on any atom is 0.123 e. The molecule has 0 aliphatic carbocycles. The van der Waals surface area contributed by atoms with Gasteiger partial charge in [-0.25, -0.2) is 0 Å². The van der Waals surface area contributed by atoms with E-state index in [0.29, 0.717) is 6.54 Å². The van der Waals surface area contributed by atoms with E-state index < -0.39 is 0 Å². The highest BCUT2D eigenvalue weighted by atomic mass is 32.2. The van der Waals surface area contributed by atoms with Crippen LogP contribution >= 0.6 is 11.8 Å². The number of rotatable bonds is 6. The first-order chi connectivity index (χ1) is 9.74. The fourth-order valence-electron chi connectivity index (χ4n) is 2.10. The van der Waals surface area contributed by atoms with E-state index in [-0.39, 0.29) is 0 Å². The Balaban J connectivity index is 1.96. The zero-order chi connectivity index (χ0) is 14.4. The summed E-state index contributed by atoms with van der Waals surface area (Å²) in [6, 6.07) is 14.8. The Morgan fingerprint density at radius 1 is 1.05 bits per heavy atom. The molecule has 0 atom stereocenters. The molecule has 0 unspecified atom stereocenters. The van der Waals surface area contributed by atoms with E-state index in [1.54, 1.807) is 7.11 Å². The van der Waals surface area contributed by atoms with Gasteiger partial charge in [-0.1, -0.05) is 36.4 Å². The maximum absolute atomic E-state index is 5.68. The molecule has 2 rings (SSSR count). The van der Waals surface area contributed by atoms with Gasteiger partial charge in [0.1, 0.15) is 5.75 Å². The zero-order valence-corrected chi connectivity index (χ0v) is 12.9. The molecule has 0 bridgehead atoms. The van der Waals surface area contributed by atoms with Gasteiger partial charge in [0.15, 0.2) is 0 Å². The molecule has 2 aromatic carbocycles. The molecule has 0 saturated heterocycles. The van der Waals surface area contributed by atoms with Crippen molar-refractivity contribution >= 4 is 11.8 Å². The average molecular weight is 287 g/mol. The molecule has 0 radical (unpaired) electrons. The molecule has 2 aromatic rings. The van der Waals surface area contributed by atoms with E-state index in [4.69, 9.17) is 10.5 Å². The molecular weight excluding hydrogens is 266 g/mol. The Labute approximate surface area is 125 Å². The van der Waals surface area contributed by atoms with Crippen LogP contribution in [0.25, 0.3) is 0 Å². The van der Waals surface area contributed by atoms with Crippen LogP contribution in [0.4, 0.5) is 0 Å². The Bertz CT molecular complexity index is 569. The predicted molar refractivity (Wildman–Crippen MR) is 87.1 cm³/mol. The summed E-state index contributed by atoms with van der Waals surface area (Å²) in [6.45, 7) is 2.68. The highest BCUT2D eigenvalue weighted by Gasteiger charge is 2.04. The second-order valence-electron chi connectivity index (χ2n) is 4.77. The van der Waals surface area contributed by atoms with Crippen molar-refractivity contribution in [3.63, 3.8) is 0 Å². The lowest BCUT2D eigenvalue weighted by Crippen LogP contribution is -2.00. The molecule has 0 aliphatic rings. The fraction of sp³-hybridized carbons (Fsp3) is 0.294. The lowest BCUT2D eigenvalue weighted by atomic mass is 10.1. The van der Waals surface area contributed by atoms with Gasteiger partial charge in [0.05, 0.1) is 7.11 Å². The van der Waals surface area contributed by atoms with Crippen LogP contribution in [-0.2, 0) is 18.1 Å². The minimum absolute atomic E-state index is 0.514. The number of ether oxygens (including phenoxy) is 1. The number of hydrogen-bond acceptors (Lipinski definition) is 3. The highest BCUT2D eigenvalue weighted by molar-refractivity contribution is 7.97. The van der Waals surface area contributed by atoms with Gasteiger partial charge in [-0.05, 0) is 29.7 Å². The first-order valence-corrected chi connectivity index (χ1v) is 7.88. The second kappa shape index (κ2) is 7.36. The lowest BCUT2D eigenvalue weighted by Gasteiger charge is -2.10. The van der Waals surface area contributed by atoms with Gasteiger partial charge in [-0.3, -0.25) is 0 Å². The summed E-state index contributed by atoms with van der Waals surface area (Å²) in [6.07, 6.45) is 0. The molecule has 3 heteroatoms. The van der Waals surface area contributed by atoms with Gasteiger partial charge in [0.2, 0.25) is 0 Å². The third-order valence-electron chi connectivity index (χ3n) is 3.36. The Hall–Kier alpha value is -1.45. The largest absolute Gasteiger partial charge is 0.496 e. The van der Waals surface area contributed by atoms with E-state index >= 15 is 0 Å². The third kappa shape index (κ3) is 3.78. The van der Waals surface area contributed by atoms with Crippen LogP contribution in [-0.4, -0.2) is 7.11 Å². The SMILES string of the molecule is COc1cc(CSCc2ccccc2C)ccc1CN. The summed E-state index contributed by atoms with van der Waals surface area (Å²) in [5.41, 5.74) is 10.8. The topological polar surface area (TPSA) is 35.2 Å². The second-order valence-corrected chi connectivity index (χ2v) is 5.76. The average Bonchev–Trinajstić information content (AvgIpc) is 2.49. The van der Waals surface area contributed by atoms with Gasteiger partial charge in [0.25, 0.3) is 0 Å². The van der Waals surface area contributed by atoms with Crippen molar-refractivity contribution in [2.24, 2.45) is 5.73 Å². The summed E-state index contributed by atoms with van der Waals surface area (Å²) in [7, 11) is 1.69. The van der Waals surface area contributed by atoms with Crippen LogP contribution in [0.3, 0.4) is 0 Å². The van der Waals surface area contributed by atoms with Crippen LogP contribution < -0.4 is 10.5 Å². The summed E-state index contributed by atoms with van der Waals surface area (Å²) in [5.74, 6) is 2.91. The number of thioether (sulfide) groups is 1. The Kier molecular flexibility index (Phi) is 5.50. The third-order valence-corrected chi connectivity index (χ3v) is 4.41. The molecule has 0 amide bonds. The summed E-state index contributed by atoms with van der Waals surface area (Å²) in [5, 5.41) is 0. The zero-order valence-electron chi connectivity index (χ0n) is 12.1. The number of aryl methyl sites for hydroxylation is 1. The van der Waals surface area contributed by atoms with Crippen molar-refractivity contribution in [3.05, 3.63) is 64.7 Å². The molecule has 0 saturated carbocycles. The van der Waals surface area contributed by atoms with Crippen molar-refractivity contribution < 1.29 is 4.74 Å². The first kappa shape index (κ1) is 14.9. The van der Waals surface area contributed by atoms with Crippen LogP contribution in [0.2, 0.25) is 0 Å². The first-order valence-electron chi connectivity index (χ1n) is 6.72. The lowest BCUT2D eigenvalue weighted by molar-refractivity contribution is 0.409.